The number of amides is 2. The van der Waals surface area contributed by atoms with E-state index in [1.165, 1.54) is 14.2 Å². The molecule has 0 atom stereocenters. The van der Waals surface area contributed by atoms with Gasteiger partial charge in [0.25, 0.3) is 0 Å². The molecule has 9 nitrogen and oxygen atoms in total. The van der Waals surface area contributed by atoms with Gasteiger partial charge in [-0.2, -0.15) is 4.98 Å². The molecule has 1 heterocycles. The van der Waals surface area contributed by atoms with Gasteiger partial charge in [0.15, 0.2) is 0 Å². The lowest BCUT2D eigenvalue weighted by atomic mass is 10.4. The molecule has 9 heteroatoms. The predicted molar refractivity (Wildman–Crippen MR) is 74.8 cm³/mol. The van der Waals surface area contributed by atoms with E-state index in [9.17, 15) is 9.59 Å². The number of rotatable bonds is 10. The number of aromatic nitrogens is 1. The van der Waals surface area contributed by atoms with Gasteiger partial charge >= 0.3 is 0 Å². The fourth-order valence-corrected chi connectivity index (χ4v) is 1.38. The fraction of sp³-hybridized carbons (Fsp3) is 0.462. The average Bonchev–Trinajstić information content (AvgIpc) is 2.48. The topological polar surface area (TPSA) is 108 Å². The van der Waals surface area contributed by atoms with Crippen molar-refractivity contribution < 1.29 is 28.7 Å². The summed E-state index contributed by atoms with van der Waals surface area (Å²) in [6.45, 7) is 0.309. The van der Waals surface area contributed by atoms with Crippen molar-refractivity contribution in [2.24, 2.45) is 0 Å². The standard InChI is InChI=1S/C13H19N3O6/c1-19-15-10(17)6-8-21-12-4-3-5-13(14-12)22-9-7-11(18)16-20-2/h3-5H,6-9H2,1-2H3,(H,15,17)(H,16,18). The first kappa shape index (κ1) is 17.7. The van der Waals surface area contributed by atoms with Gasteiger partial charge in [-0.3, -0.25) is 19.3 Å². The van der Waals surface area contributed by atoms with Gasteiger partial charge in [0.05, 0.1) is 40.3 Å². The first-order valence-electron chi connectivity index (χ1n) is 6.52. The van der Waals surface area contributed by atoms with Crippen LogP contribution in [-0.2, 0) is 19.3 Å². The molecule has 0 saturated heterocycles. The lowest BCUT2D eigenvalue weighted by molar-refractivity contribution is -0.132. The summed E-state index contributed by atoms with van der Waals surface area (Å²) in [5.74, 6) is 0.0613. The van der Waals surface area contributed by atoms with Crippen molar-refractivity contribution in [3.8, 4) is 11.8 Å². The SMILES string of the molecule is CONC(=O)CCOc1cccc(OCCC(=O)NOC)n1. The summed E-state index contributed by atoms with van der Waals surface area (Å²) < 4.78 is 10.6. The van der Waals surface area contributed by atoms with E-state index < -0.39 is 0 Å². The number of pyridine rings is 1. The summed E-state index contributed by atoms with van der Waals surface area (Å²) in [5.41, 5.74) is 4.36. The minimum Gasteiger partial charge on any atom is -0.477 e. The van der Waals surface area contributed by atoms with Crippen molar-refractivity contribution in [3.05, 3.63) is 18.2 Å². The Morgan fingerprint density at radius 1 is 0.955 bits per heavy atom. The number of nitrogens with zero attached hydrogens (tertiary/aromatic N) is 1. The van der Waals surface area contributed by atoms with Crippen LogP contribution in [-0.4, -0.2) is 44.2 Å². The number of carbonyl (C=O) groups is 2. The van der Waals surface area contributed by atoms with Gasteiger partial charge in [-0.15, -0.1) is 0 Å². The van der Waals surface area contributed by atoms with Gasteiger partial charge in [-0.1, -0.05) is 6.07 Å². The normalized spacial score (nSPS) is 9.91. The third-order valence-corrected chi connectivity index (χ3v) is 2.29. The second-order valence-electron chi connectivity index (χ2n) is 3.97. The lowest BCUT2D eigenvalue weighted by Gasteiger charge is -2.08. The monoisotopic (exact) mass is 313 g/mol. The van der Waals surface area contributed by atoms with Gasteiger partial charge in [-0.05, 0) is 0 Å². The van der Waals surface area contributed by atoms with E-state index in [4.69, 9.17) is 9.47 Å². The molecule has 2 amide bonds. The maximum atomic E-state index is 11.1. The van der Waals surface area contributed by atoms with Gasteiger partial charge in [-0.25, -0.2) is 11.0 Å². The van der Waals surface area contributed by atoms with Crippen molar-refractivity contribution in [2.75, 3.05) is 27.4 Å². The van der Waals surface area contributed by atoms with Crippen molar-refractivity contribution >= 4 is 11.8 Å². The predicted octanol–water partition coefficient (Wildman–Crippen LogP) is -0.0254. The molecular formula is C13H19N3O6. The minimum atomic E-state index is -0.293. The van der Waals surface area contributed by atoms with E-state index in [2.05, 4.69) is 25.6 Å². The fourth-order valence-electron chi connectivity index (χ4n) is 1.38. The van der Waals surface area contributed by atoms with Crippen molar-refractivity contribution in [1.29, 1.82) is 0 Å². The molecule has 0 aliphatic carbocycles. The average molecular weight is 313 g/mol. The summed E-state index contributed by atoms with van der Waals surface area (Å²) in [7, 11) is 2.71. The Hall–Kier alpha value is -2.39. The van der Waals surface area contributed by atoms with Crippen LogP contribution in [0.25, 0.3) is 0 Å². The van der Waals surface area contributed by atoms with Crippen LogP contribution < -0.4 is 20.4 Å². The van der Waals surface area contributed by atoms with Crippen LogP contribution >= 0.6 is 0 Å². The minimum absolute atomic E-state index is 0.137. The van der Waals surface area contributed by atoms with Gasteiger partial charge in [0.2, 0.25) is 23.6 Å². The highest BCUT2D eigenvalue weighted by Crippen LogP contribution is 2.13. The van der Waals surface area contributed by atoms with Crippen LogP contribution in [0.5, 0.6) is 11.8 Å². The second kappa shape index (κ2) is 10.4. The molecule has 0 spiro atoms. The summed E-state index contributed by atoms with van der Waals surface area (Å²) in [6, 6.07) is 4.97. The molecule has 0 fully saturated rings. The van der Waals surface area contributed by atoms with E-state index in [-0.39, 0.29) is 37.9 Å². The first-order chi connectivity index (χ1) is 10.7. The van der Waals surface area contributed by atoms with E-state index in [0.29, 0.717) is 11.8 Å². The number of carbonyl (C=O) groups excluding carboxylic acids is 2. The molecule has 122 valence electrons. The summed E-state index contributed by atoms with van der Waals surface area (Å²) in [6.07, 6.45) is 0.273. The number of hydrogen-bond acceptors (Lipinski definition) is 7. The second-order valence-corrected chi connectivity index (χ2v) is 3.97. The van der Waals surface area contributed by atoms with Crippen LogP contribution in [0.1, 0.15) is 12.8 Å². The van der Waals surface area contributed by atoms with Crippen LogP contribution in [0.4, 0.5) is 0 Å². The molecule has 0 aromatic carbocycles. The van der Waals surface area contributed by atoms with Gasteiger partial charge in [0.1, 0.15) is 0 Å². The molecule has 1 aromatic rings. The highest BCUT2D eigenvalue weighted by molar-refractivity contribution is 5.75. The highest BCUT2D eigenvalue weighted by Gasteiger charge is 2.05. The van der Waals surface area contributed by atoms with Crippen LogP contribution in [0, 0.1) is 0 Å². The van der Waals surface area contributed by atoms with Crippen LogP contribution in [0.2, 0.25) is 0 Å². The molecule has 2 N–H and O–H groups in total. The molecule has 22 heavy (non-hydrogen) atoms. The first-order valence-corrected chi connectivity index (χ1v) is 6.52. The Labute approximate surface area is 127 Å². The Morgan fingerprint density at radius 2 is 1.41 bits per heavy atom. The zero-order valence-corrected chi connectivity index (χ0v) is 12.5. The zero-order chi connectivity index (χ0) is 16.2. The number of ether oxygens (including phenoxy) is 2. The smallest absolute Gasteiger partial charge is 0.246 e. The Bertz CT molecular complexity index is 443. The molecule has 0 radical (unpaired) electrons. The number of hydroxylamine groups is 2. The Morgan fingerprint density at radius 3 is 1.82 bits per heavy atom. The maximum Gasteiger partial charge on any atom is 0.246 e. The van der Waals surface area contributed by atoms with Gasteiger partial charge < -0.3 is 9.47 Å². The summed E-state index contributed by atoms with van der Waals surface area (Å²) >= 11 is 0. The molecule has 0 aliphatic rings. The van der Waals surface area contributed by atoms with Crippen molar-refractivity contribution in [2.45, 2.75) is 12.8 Å². The number of nitrogens with one attached hydrogen (secondary N) is 2. The molecule has 0 unspecified atom stereocenters. The van der Waals surface area contributed by atoms with E-state index in [0.717, 1.165) is 0 Å². The number of hydrogen-bond donors (Lipinski definition) is 2. The Balaban J connectivity index is 2.32. The molecule has 1 rings (SSSR count). The van der Waals surface area contributed by atoms with E-state index in [1.807, 2.05) is 0 Å². The molecular weight excluding hydrogens is 294 g/mol. The summed E-state index contributed by atoms with van der Waals surface area (Å²) in [5, 5.41) is 0. The molecule has 0 saturated carbocycles. The molecule has 0 bridgehead atoms. The summed E-state index contributed by atoms with van der Waals surface area (Å²) in [4.78, 5) is 35.3. The largest absolute Gasteiger partial charge is 0.477 e. The van der Waals surface area contributed by atoms with E-state index in [1.54, 1.807) is 18.2 Å². The lowest BCUT2D eigenvalue weighted by Crippen LogP contribution is -2.23. The van der Waals surface area contributed by atoms with Gasteiger partial charge in [0, 0.05) is 12.1 Å². The van der Waals surface area contributed by atoms with Crippen molar-refractivity contribution in [1.82, 2.24) is 15.9 Å². The molecule has 0 aliphatic heterocycles. The van der Waals surface area contributed by atoms with E-state index >= 15 is 0 Å². The Kier molecular flexibility index (Phi) is 8.31. The van der Waals surface area contributed by atoms with Crippen LogP contribution in [0.15, 0.2) is 18.2 Å². The quantitative estimate of drug-likeness (QED) is 0.584. The maximum absolute atomic E-state index is 11.1. The zero-order valence-electron chi connectivity index (χ0n) is 12.5. The third-order valence-electron chi connectivity index (χ3n) is 2.29. The highest BCUT2D eigenvalue weighted by atomic mass is 16.6. The van der Waals surface area contributed by atoms with Crippen LogP contribution in [0.3, 0.4) is 0 Å². The van der Waals surface area contributed by atoms with Crippen molar-refractivity contribution in [3.63, 3.8) is 0 Å². The molecule has 1 aromatic heterocycles. The third kappa shape index (κ3) is 7.41.